The molecule has 0 aliphatic carbocycles. The number of hydrogen-bond acceptors (Lipinski definition) is 3. The van der Waals surface area contributed by atoms with Crippen LogP contribution in [-0.2, 0) is 7.05 Å². The molecule has 0 saturated carbocycles. The lowest BCUT2D eigenvalue weighted by molar-refractivity contribution is 0.156. The summed E-state index contributed by atoms with van der Waals surface area (Å²) >= 11 is 0. The zero-order chi connectivity index (χ0) is 13.4. The van der Waals surface area contributed by atoms with E-state index in [0.717, 1.165) is 37.3 Å². The number of aryl methyl sites for hydroxylation is 1. The number of benzene rings is 1. The number of para-hydroxylation sites is 2. The van der Waals surface area contributed by atoms with Crippen molar-refractivity contribution >= 4 is 11.0 Å². The average molecular weight is 258 g/mol. The third-order valence-corrected chi connectivity index (χ3v) is 4.32. The molecule has 1 aliphatic rings. The lowest BCUT2D eigenvalue weighted by Gasteiger charge is -2.34. The molecule has 1 fully saturated rings. The molecule has 3 rings (SSSR count). The Morgan fingerprint density at radius 1 is 1.26 bits per heavy atom. The van der Waals surface area contributed by atoms with E-state index in [1.54, 1.807) is 0 Å². The van der Waals surface area contributed by atoms with Crippen LogP contribution in [0.3, 0.4) is 0 Å². The van der Waals surface area contributed by atoms with Gasteiger partial charge in [-0.3, -0.25) is 4.90 Å². The van der Waals surface area contributed by atoms with Crippen LogP contribution in [0.4, 0.5) is 0 Å². The zero-order valence-corrected chi connectivity index (χ0v) is 11.7. The molecule has 4 heteroatoms. The molecule has 1 aromatic carbocycles. The van der Waals surface area contributed by atoms with Crippen molar-refractivity contribution in [1.82, 2.24) is 14.5 Å². The topological polar surface area (TPSA) is 47.1 Å². The SMILES string of the molecule is CC(c1nc2ccccc2n1C)N1CCC(N)CC1. The van der Waals surface area contributed by atoms with E-state index in [1.807, 2.05) is 6.07 Å². The van der Waals surface area contributed by atoms with Gasteiger partial charge in [-0.05, 0) is 31.9 Å². The van der Waals surface area contributed by atoms with E-state index in [9.17, 15) is 0 Å². The Labute approximate surface area is 114 Å². The van der Waals surface area contributed by atoms with Gasteiger partial charge >= 0.3 is 0 Å². The predicted molar refractivity (Wildman–Crippen MR) is 77.9 cm³/mol. The van der Waals surface area contributed by atoms with E-state index in [0.29, 0.717) is 12.1 Å². The first-order valence-electron chi connectivity index (χ1n) is 7.08. The van der Waals surface area contributed by atoms with Crippen LogP contribution in [0.25, 0.3) is 11.0 Å². The summed E-state index contributed by atoms with van der Waals surface area (Å²) in [5.41, 5.74) is 8.27. The number of nitrogens with two attached hydrogens (primary N) is 1. The first kappa shape index (κ1) is 12.6. The van der Waals surface area contributed by atoms with Gasteiger partial charge < -0.3 is 10.3 Å². The molecule has 0 spiro atoms. The summed E-state index contributed by atoms with van der Waals surface area (Å²) in [6.45, 7) is 4.40. The highest BCUT2D eigenvalue weighted by Crippen LogP contribution is 2.25. The van der Waals surface area contributed by atoms with Gasteiger partial charge in [0.05, 0.1) is 17.1 Å². The molecule has 1 atom stereocenters. The molecule has 2 N–H and O–H groups in total. The quantitative estimate of drug-likeness (QED) is 0.897. The monoisotopic (exact) mass is 258 g/mol. The molecule has 19 heavy (non-hydrogen) atoms. The third kappa shape index (κ3) is 2.26. The summed E-state index contributed by atoms with van der Waals surface area (Å²) in [6, 6.07) is 9.05. The fourth-order valence-corrected chi connectivity index (χ4v) is 3.01. The smallest absolute Gasteiger partial charge is 0.126 e. The van der Waals surface area contributed by atoms with Crippen LogP contribution in [-0.4, -0.2) is 33.6 Å². The van der Waals surface area contributed by atoms with Crippen molar-refractivity contribution in [2.45, 2.75) is 31.8 Å². The van der Waals surface area contributed by atoms with Gasteiger partial charge in [0.25, 0.3) is 0 Å². The van der Waals surface area contributed by atoms with Gasteiger partial charge in [-0.15, -0.1) is 0 Å². The first-order chi connectivity index (χ1) is 9.16. The van der Waals surface area contributed by atoms with E-state index in [4.69, 9.17) is 10.7 Å². The molecule has 1 unspecified atom stereocenters. The van der Waals surface area contributed by atoms with Crippen LogP contribution in [0.1, 0.15) is 31.6 Å². The second-order valence-corrected chi connectivity index (χ2v) is 5.57. The summed E-state index contributed by atoms with van der Waals surface area (Å²) in [5.74, 6) is 1.15. The predicted octanol–water partition coefficient (Wildman–Crippen LogP) is 2.06. The second kappa shape index (κ2) is 4.94. The minimum atomic E-state index is 0.352. The van der Waals surface area contributed by atoms with Crippen molar-refractivity contribution in [3.05, 3.63) is 30.1 Å². The van der Waals surface area contributed by atoms with Gasteiger partial charge in [0.1, 0.15) is 5.82 Å². The highest BCUT2D eigenvalue weighted by Gasteiger charge is 2.24. The number of aromatic nitrogens is 2. The van der Waals surface area contributed by atoms with Crippen LogP contribution >= 0.6 is 0 Å². The number of fused-ring (bicyclic) bond motifs is 1. The third-order valence-electron chi connectivity index (χ3n) is 4.32. The minimum Gasteiger partial charge on any atom is -0.330 e. The van der Waals surface area contributed by atoms with E-state index >= 15 is 0 Å². The number of piperidine rings is 1. The summed E-state index contributed by atoms with van der Waals surface area (Å²) in [4.78, 5) is 7.29. The highest BCUT2D eigenvalue weighted by atomic mass is 15.2. The van der Waals surface area contributed by atoms with Gasteiger partial charge in [0.2, 0.25) is 0 Å². The van der Waals surface area contributed by atoms with Crippen molar-refractivity contribution in [3.63, 3.8) is 0 Å². The van der Waals surface area contributed by atoms with Crippen molar-refractivity contribution < 1.29 is 0 Å². The van der Waals surface area contributed by atoms with E-state index in [-0.39, 0.29) is 0 Å². The molecule has 1 saturated heterocycles. The Balaban J connectivity index is 1.89. The van der Waals surface area contributed by atoms with Crippen molar-refractivity contribution in [2.75, 3.05) is 13.1 Å². The number of rotatable bonds is 2. The molecule has 1 aromatic heterocycles. The molecule has 2 heterocycles. The number of imidazole rings is 1. The zero-order valence-electron chi connectivity index (χ0n) is 11.7. The van der Waals surface area contributed by atoms with Crippen LogP contribution in [0.2, 0.25) is 0 Å². The standard InChI is InChI=1S/C15H22N4/c1-11(19-9-7-12(16)8-10-19)15-17-13-5-3-4-6-14(13)18(15)2/h3-6,11-12H,7-10,16H2,1-2H3. The van der Waals surface area contributed by atoms with Gasteiger partial charge in [0.15, 0.2) is 0 Å². The Hall–Kier alpha value is -1.39. The van der Waals surface area contributed by atoms with Gasteiger partial charge in [-0.25, -0.2) is 4.98 Å². The Morgan fingerprint density at radius 2 is 1.95 bits per heavy atom. The van der Waals surface area contributed by atoms with Crippen LogP contribution in [0, 0.1) is 0 Å². The van der Waals surface area contributed by atoms with E-state index in [1.165, 1.54) is 5.52 Å². The minimum absolute atomic E-state index is 0.352. The number of hydrogen-bond donors (Lipinski definition) is 1. The largest absolute Gasteiger partial charge is 0.330 e. The Kier molecular flexibility index (Phi) is 3.29. The van der Waals surface area contributed by atoms with Crippen molar-refractivity contribution in [2.24, 2.45) is 12.8 Å². The lowest BCUT2D eigenvalue weighted by atomic mass is 10.0. The maximum atomic E-state index is 5.98. The van der Waals surface area contributed by atoms with Crippen molar-refractivity contribution in [1.29, 1.82) is 0 Å². The molecular formula is C15H22N4. The molecule has 102 valence electrons. The molecule has 0 radical (unpaired) electrons. The first-order valence-corrected chi connectivity index (χ1v) is 7.08. The average Bonchev–Trinajstić information content (AvgIpc) is 2.77. The van der Waals surface area contributed by atoms with Gasteiger partial charge in [0, 0.05) is 26.2 Å². The molecule has 4 nitrogen and oxygen atoms in total. The summed E-state index contributed by atoms with van der Waals surface area (Å²) in [6.07, 6.45) is 2.18. The normalized spacial score (nSPS) is 19.9. The van der Waals surface area contributed by atoms with E-state index in [2.05, 4.69) is 41.6 Å². The Bertz CT molecular complexity index is 567. The van der Waals surface area contributed by atoms with Gasteiger partial charge in [-0.2, -0.15) is 0 Å². The van der Waals surface area contributed by atoms with Crippen LogP contribution in [0.15, 0.2) is 24.3 Å². The highest BCUT2D eigenvalue weighted by molar-refractivity contribution is 5.75. The fourth-order valence-electron chi connectivity index (χ4n) is 3.01. The van der Waals surface area contributed by atoms with Gasteiger partial charge in [-0.1, -0.05) is 12.1 Å². The maximum Gasteiger partial charge on any atom is 0.126 e. The van der Waals surface area contributed by atoms with E-state index < -0.39 is 0 Å². The Morgan fingerprint density at radius 3 is 2.63 bits per heavy atom. The molecule has 1 aliphatic heterocycles. The molecule has 2 aromatic rings. The number of nitrogens with zero attached hydrogens (tertiary/aromatic N) is 3. The summed E-state index contributed by atoms with van der Waals surface area (Å²) in [7, 11) is 2.11. The van der Waals surface area contributed by atoms with Crippen molar-refractivity contribution in [3.8, 4) is 0 Å². The molecule has 0 bridgehead atoms. The second-order valence-electron chi connectivity index (χ2n) is 5.57. The van der Waals surface area contributed by atoms with Crippen LogP contribution < -0.4 is 5.73 Å². The number of likely N-dealkylation sites (tertiary alicyclic amines) is 1. The lowest BCUT2D eigenvalue weighted by Crippen LogP contribution is -2.41. The fraction of sp³-hybridized carbons (Fsp3) is 0.533. The summed E-state index contributed by atoms with van der Waals surface area (Å²) in [5, 5.41) is 0. The maximum absolute atomic E-state index is 5.98. The summed E-state index contributed by atoms with van der Waals surface area (Å²) < 4.78 is 2.22. The van der Waals surface area contributed by atoms with Crippen LogP contribution in [0.5, 0.6) is 0 Å². The molecular weight excluding hydrogens is 236 g/mol. The molecule has 0 amide bonds.